The smallest absolute Gasteiger partial charge is 0.000925 e. The zero-order chi connectivity index (χ0) is 17.8. The zero-order valence-corrected chi connectivity index (χ0v) is 17.7. The Morgan fingerprint density at radius 2 is 1.58 bits per heavy atom. The van der Waals surface area contributed by atoms with E-state index in [0.29, 0.717) is 5.41 Å². The molecule has 2 unspecified atom stereocenters. The zero-order valence-electron chi connectivity index (χ0n) is 17.7. The van der Waals surface area contributed by atoms with E-state index in [1.165, 1.54) is 96.6 Å². The van der Waals surface area contributed by atoms with Gasteiger partial charge in [-0.1, -0.05) is 85.5 Å². The van der Waals surface area contributed by atoms with Crippen LogP contribution in [0.1, 0.15) is 111 Å². The van der Waals surface area contributed by atoms with E-state index in [9.17, 15) is 0 Å². The van der Waals surface area contributed by atoms with Gasteiger partial charge in [-0.25, -0.2) is 0 Å². The SMILES string of the molecule is CCCC1CCCCCCN(C)CC1CCCCC(C)(C)CCC. The lowest BCUT2D eigenvalue weighted by atomic mass is 9.79. The van der Waals surface area contributed by atoms with Crippen molar-refractivity contribution < 1.29 is 0 Å². The third kappa shape index (κ3) is 9.44. The first-order valence-electron chi connectivity index (χ1n) is 11.2. The second-order valence-corrected chi connectivity index (χ2v) is 9.43. The molecule has 1 heteroatoms. The molecule has 1 rings (SSSR count). The first-order chi connectivity index (χ1) is 11.5. The Balaban J connectivity index is 2.49. The van der Waals surface area contributed by atoms with Crippen LogP contribution in [-0.4, -0.2) is 25.0 Å². The number of hydrogen-bond donors (Lipinski definition) is 0. The van der Waals surface area contributed by atoms with Crippen LogP contribution < -0.4 is 0 Å². The average Bonchev–Trinajstić information content (AvgIpc) is 2.52. The summed E-state index contributed by atoms with van der Waals surface area (Å²) in [4.78, 5) is 2.64. The van der Waals surface area contributed by atoms with Crippen molar-refractivity contribution in [2.75, 3.05) is 20.1 Å². The Bertz CT molecular complexity index is 296. The predicted octanol–water partition coefficient (Wildman–Crippen LogP) is 7.30. The molecule has 2 atom stereocenters. The van der Waals surface area contributed by atoms with E-state index in [2.05, 4.69) is 39.6 Å². The third-order valence-electron chi connectivity index (χ3n) is 6.34. The van der Waals surface area contributed by atoms with Gasteiger partial charge >= 0.3 is 0 Å². The molecule has 24 heavy (non-hydrogen) atoms. The molecule has 1 fully saturated rings. The average molecular weight is 338 g/mol. The fourth-order valence-corrected chi connectivity index (χ4v) is 4.91. The normalized spacial score (nSPS) is 24.9. The van der Waals surface area contributed by atoms with E-state index in [-0.39, 0.29) is 0 Å². The highest BCUT2D eigenvalue weighted by Crippen LogP contribution is 2.33. The van der Waals surface area contributed by atoms with Crippen molar-refractivity contribution in [1.82, 2.24) is 4.90 Å². The van der Waals surface area contributed by atoms with Crippen molar-refractivity contribution in [3.05, 3.63) is 0 Å². The number of rotatable bonds is 9. The van der Waals surface area contributed by atoms with Crippen LogP contribution in [0.2, 0.25) is 0 Å². The maximum absolute atomic E-state index is 2.64. The molecule has 1 aliphatic heterocycles. The fourth-order valence-electron chi connectivity index (χ4n) is 4.91. The minimum atomic E-state index is 0.560. The topological polar surface area (TPSA) is 3.24 Å². The highest BCUT2D eigenvalue weighted by Gasteiger charge is 2.23. The molecule has 0 aliphatic carbocycles. The van der Waals surface area contributed by atoms with Gasteiger partial charge in [0.2, 0.25) is 0 Å². The third-order valence-corrected chi connectivity index (χ3v) is 6.34. The van der Waals surface area contributed by atoms with Gasteiger partial charge < -0.3 is 4.90 Å². The van der Waals surface area contributed by atoms with E-state index in [1.54, 1.807) is 0 Å². The maximum atomic E-state index is 2.64. The van der Waals surface area contributed by atoms with Gasteiger partial charge in [-0.2, -0.15) is 0 Å². The van der Waals surface area contributed by atoms with Crippen LogP contribution in [0.5, 0.6) is 0 Å². The molecule has 0 aromatic heterocycles. The van der Waals surface area contributed by atoms with Crippen LogP contribution in [0.15, 0.2) is 0 Å². The molecule has 144 valence electrons. The van der Waals surface area contributed by atoms with Gasteiger partial charge in [0, 0.05) is 6.54 Å². The van der Waals surface area contributed by atoms with Crippen molar-refractivity contribution in [2.24, 2.45) is 17.3 Å². The van der Waals surface area contributed by atoms with E-state index in [0.717, 1.165) is 11.8 Å². The minimum absolute atomic E-state index is 0.560. The van der Waals surface area contributed by atoms with E-state index in [1.807, 2.05) is 0 Å². The molecule has 0 saturated carbocycles. The van der Waals surface area contributed by atoms with E-state index in [4.69, 9.17) is 0 Å². The highest BCUT2D eigenvalue weighted by atomic mass is 15.1. The summed E-state index contributed by atoms with van der Waals surface area (Å²) in [5, 5.41) is 0. The molecule has 0 aromatic rings. The molecule has 0 spiro atoms. The fraction of sp³-hybridized carbons (Fsp3) is 1.00. The first-order valence-corrected chi connectivity index (χ1v) is 11.2. The largest absolute Gasteiger partial charge is 0.306 e. The van der Waals surface area contributed by atoms with Crippen LogP contribution >= 0.6 is 0 Å². The molecule has 0 N–H and O–H groups in total. The molecule has 1 nitrogen and oxygen atoms in total. The van der Waals surface area contributed by atoms with E-state index < -0.39 is 0 Å². The molecular weight excluding hydrogens is 290 g/mol. The summed E-state index contributed by atoms with van der Waals surface area (Å²) in [6, 6.07) is 0. The first kappa shape index (κ1) is 22.0. The van der Waals surface area contributed by atoms with Gasteiger partial charge in [-0.05, 0) is 56.5 Å². The van der Waals surface area contributed by atoms with Gasteiger partial charge in [0.1, 0.15) is 0 Å². The Hall–Kier alpha value is -0.0400. The summed E-state index contributed by atoms with van der Waals surface area (Å²) in [7, 11) is 2.36. The Kier molecular flexibility index (Phi) is 11.3. The summed E-state index contributed by atoms with van der Waals surface area (Å²) in [6.07, 6.45) is 18.6. The lowest BCUT2D eigenvalue weighted by Gasteiger charge is -2.32. The van der Waals surface area contributed by atoms with Crippen molar-refractivity contribution in [3.63, 3.8) is 0 Å². The van der Waals surface area contributed by atoms with Crippen LogP contribution in [-0.2, 0) is 0 Å². The summed E-state index contributed by atoms with van der Waals surface area (Å²) in [5.74, 6) is 1.93. The lowest BCUT2D eigenvalue weighted by molar-refractivity contribution is 0.174. The number of nitrogens with zero attached hydrogens (tertiary/aromatic N) is 1. The van der Waals surface area contributed by atoms with Crippen molar-refractivity contribution in [2.45, 2.75) is 111 Å². The molecule has 1 heterocycles. The van der Waals surface area contributed by atoms with Gasteiger partial charge in [0.25, 0.3) is 0 Å². The van der Waals surface area contributed by atoms with Gasteiger partial charge in [0.15, 0.2) is 0 Å². The second-order valence-electron chi connectivity index (χ2n) is 9.43. The summed E-state index contributed by atoms with van der Waals surface area (Å²) in [6.45, 7) is 12.3. The summed E-state index contributed by atoms with van der Waals surface area (Å²) < 4.78 is 0. The molecule has 0 aromatic carbocycles. The number of hydrogen-bond acceptors (Lipinski definition) is 1. The monoisotopic (exact) mass is 337 g/mol. The van der Waals surface area contributed by atoms with Crippen LogP contribution in [0.3, 0.4) is 0 Å². The summed E-state index contributed by atoms with van der Waals surface area (Å²) >= 11 is 0. The predicted molar refractivity (Wildman–Crippen MR) is 110 cm³/mol. The standard InChI is InChI=1S/C23H47N/c1-6-14-21-15-10-8-9-13-19-24(5)20-22(21)16-11-12-18-23(3,4)17-7-2/h21-22H,6-20H2,1-5H3. The molecule has 1 saturated heterocycles. The van der Waals surface area contributed by atoms with Crippen molar-refractivity contribution in [1.29, 1.82) is 0 Å². The van der Waals surface area contributed by atoms with E-state index >= 15 is 0 Å². The number of unbranched alkanes of at least 4 members (excludes halogenated alkanes) is 1. The van der Waals surface area contributed by atoms with Crippen molar-refractivity contribution in [3.8, 4) is 0 Å². The Morgan fingerprint density at radius 3 is 2.29 bits per heavy atom. The molecule has 0 radical (unpaired) electrons. The lowest BCUT2D eigenvalue weighted by Crippen LogP contribution is -2.32. The molecule has 0 amide bonds. The quantitative estimate of drug-likeness (QED) is 0.399. The minimum Gasteiger partial charge on any atom is -0.306 e. The van der Waals surface area contributed by atoms with Crippen LogP contribution in [0.25, 0.3) is 0 Å². The van der Waals surface area contributed by atoms with Gasteiger partial charge in [-0.15, -0.1) is 0 Å². The van der Waals surface area contributed by atoms with Crippen LogP contribution in [0.4, 0.5) is 0 Å². The van der Waals surface area contributed by atoms with Gasteiger partial charge in [0.05, 0.1) is 0 Å². The summed E-state index contributed by atoms with van der Waals surface area (Å²) in [5.41, 5.74) is 0.560. The molecule has 1 aliphatic rings. The molecular formula is C23H47N. The Morgan fingerprint density at radius 1 is 0.833 bits per heavy atom. The maximum Gasteiger partial charge on any atom is 0.000925 e. The molecule has 0 bridgehead atoms. The second kappa shape index (κ2) is 12.3. The van der Waals surface area contributed by atoms with Gasteiger partial charge in [-0.3, -0.25) is 0 Å². The highest BCUT2D eigenvalue weighted by molar-refractivity contribution is 4.76. The Labute approximate surface area is 154 Å². The van der Waals surface area contributed by atoms with Crippen LogP contribution in [0, 0.1) is 17.3 Å². The van der Waals surface area contributed by atoms with Crippen molar-refractivity contribution >= 4 is 0 Å².